The Hall–Kier alpha value is 0.640. The first-order valence-electron chi connectivity index (χ1n) is 0. The fourth-order valence-electron chi connectivity index (χ4n) is 0. The van der Waals surface area contributed by atoms with Gasteiger partial charge in [0, 0.05) is 0 Å². The molecule has 0 heterocycles. The van der Waals surface area contributed by atoms with Crippen LogP contribution in [0.25, 0.3) is 0 Å². The number of hydrogen-bond donors (Lipinski definition) is 0. The minimum Gasteiger partial charge on any atom is -0.870 e. The summed E-state index contributed by atoms with van der Waals surface area (Å²) < 4.78 is 0. The summed E-state index contributed by atoms with van der Waals surface area (Å²) in [5.41, 5.74) is 0. The Kier molecular flexibility index (Phi) is 424000. The van der Waals surface area contributed by atoms with Crippen molar-refractivity contribution in [2.24, 2.45) is 0 Å². The molecule has 0 spiro atoms. The molecule has 17 N–H and O–H groups in total. The Morgan fingerprint density at radius 1 is 0.300 bits per heavy atom. The molecule has 0 aliphatic carbocycles. The van der Waals surface area contributed by atoms with E-state index < -0.39 is 0 Å². The van der Waals surface area contributed by atoms with Gasteiger partial charge in [-0.25, -0.2) is 0 Å². The van der Waals surface area contributed by atoms with Crippen LogP contribution in [-0.4, -0.2) is 49.3 Å². The van der Waals surface area contributed by atoms with E-state index in [4.69, 9.17) is 0 Å². The van der Waals surface area contributed by atoms with Gasteiger partial charge in [0.05, 0.1) is 0 Å². The summed E-state index contributed by atoms with van der Waals surface area (Å²) in [6.07, 6.45) is 0. The van der Waals surface area contributed by atoms with Crippen molar-refractivity contribution in [3.05, 3.63) is 0 Å². The quantitative estimate of drug-likeness (QED) is 0.325. The summed E-state index contributed by atoms with van der Waals surface area (Å²) in [7, 11) is 0. The van der Waals surface area contributed by atoms with Crippen LogP contribution in [0.2, 0.25) is 0 Å². The Morgan fingerprint density at radius 3 is 0.300 bits per heavy atom. The van der Waals surface area contributed by atoms with Crippen molar-refractivity contribution in [1.82, 2.24) is 0 Å². The van der Waals surface area contributed by atoms with E-state index in [9.17, 15) is 0 Å². The second-order valence-corrected chi connectivity index (χ2v) is 0. The Labute approximate surface area is 79.1 Å². The zero-order chi connectivity index (χ0) is 0. The van der Waals surface area contributed by atoms with Crippen molar-refractivity contribution < 1.29 is 78.8 Å². The van der Waals surface area contributed by atoms with Crippen LogP contribution in [-0.2, 0) is 0 Å². The van der Waals surface area contributed by atoms with Gasteiger partial charge in [-0.3, -0.25) is 0 Å². The zero-order valence-corrected chi connectivity index (χ0v) is 7.45. The maximum absolute atomic E-state index is 0. The van der Waals surface area contributed by atoms with E-state index in [1.54, 1.807) is 0 Å². The molecule has 0 rings (SSSR count). The molecule has 0 fully saturated rings. The molecule has 72 valence electrons. The summed E-state index contributed by atoms with van der Waals surface area (Å²) >= 11 is 0. The molecule has 10 heteroatoms. The van der Waals surface area contributed by atoms with E-state index in [0.29, 0.717) is 0 Å². The van der Waals surface area contributed by atoms with Crippen LogP contribution >= 0.6 is 0 Å². The molecule has 0 aliphatic rings. The molecule has 0 aromatic carbocycles. The molecular weight excluding hydrogens is 167 g/mol. The number of hydrogen-bond acceptors (Lipinski definition) is 1. The summed E-state index contributed by atoms with van der Waals surface area (Å²) in [5.74, 6) is 0. The van der Waals surface area contributed by atoms with Crippen molar-refractivity contribution in [3.8, 4) is 0 Å². The molecule has 10 heavy (non-hydrogen) atoms. The summed E-state index contributed by atoms with van der Waals surface area (Å²) in [6, 6.07) is 0. The largest absolute Gasteiger partial charge is 1.00 e. The first-order valence-corrected chi connectivity index (χ1v) is 0. The van der Waals surface area contributed by atoms with Crippen molar-refractivity contribution in [3.63, 3.8) is 0 Å². The van der Waals surface area contributed by atoms with Crippen LogP contribution in [0.3, 0.4) is 0 Å². The third kappa shape index (κ3) is 1230. The van der Waals surface area contributed by atoms with Crippen molar-refractivity contribution in [2.75, 3.05) is 0 Å². The Balaban J connectivity index is 0. The van der Waals surface area contributed by atoms with Crippen molar-refractivity contribution in [1.29, 1.82) is 0 Å². The fourth-order valence-corrected chi connectivity index (χ4v) is 0. The van der Waals surface area contributed by atoms with Crippen LogP contribution in [0.4, 0.5) is 0 Å². The molecule has 0 atom stereocenters. The van der Waals surface area contributed by atoms with Gasteiger partial charge in [-0.15, -0.1) is 0 Å². The van der Waals surface area contributed by atoms with Gasteiger partial charge in [0.25, 0.3) is 0 Å². The van der Waals surface area contributed by atoms with Gasteiger partial charge in [-0.05, 0) is 0 Å². The normalized spacial score (nSPS) is 0. The van der Waals surface area contributed by atoms with E-state index in [1.165, 1.54) is 0 Å². The average molecular weight is 184 g/mol. The molecule has 0 saturated carbocycles. The van der Waals surface area contributed by atoms with Crippen LogP contribution in [0.15, 0.2) is 0 Å². The molecule has 0 aliphatic heterocycles. The smallest absolute Gasteiger partial charge is 0.870 e. The molecule has 0 radical (unpaired) electrons. The van der Waals surface area contributed by atoms with Gasteiger partial charge in [0.2, 0.25) is 0 Å². The number of rotatable bonds is 0. The van der Waals surface area contributed by atoms with Gasteiger partial charge in [-0.2, -0.15) is 0 Å². The zero-order valence-electron chi connectivity index (χ0n) is 5.45. The Bertz CT molecular complexity index is 4.69. The first-order chi connectivity index (χ1) is 0. The molecular formula is H17NaO9. The molecule has 0 saturated heterocycles. The fraction of sp³-hybridized carbons (Fsp3) is 0. The van der Waals surface area contributed by atoms with Crippen molar-refractivity contribution in [2.45, 2.75) is 0 Å². The van der Waals surface area contributed by atoms with Crippen LogP contribution in [0.5, 0.6) is 0 Å². The summed E-state index contributed by atoms with van der Waals surface area (Å²) in [4.78, 5) is 0. The molecule has 0 bridgehead atoms. The van der Waals surface area contributed by atoms with Crippen LogP contribution in [0.1, 0.15) is 0 Å². The molecule has 0 unspecified atom stereocenters. The molecule has 0 amide bonds. The first kappa shape index (κ1) is 2410. The van der Waals surface area contributed by atoms with E-state index in [1.807, 2.05) is 0 Å². The van der Waals surface area contributed by atoms with Gasteiger partial charge in [0.15, 0.2) is 0 Å². The van der Waals surface area contributed by atoms with Crippen LogP contribution in [0, 0.1) is 0 Å². The van der Waals surface area contributed by atoms with E-state index in [0.717, 1.165) is 0 Å². The van der Waals surface area contributed by atoms with E-state index >= 15 is 0 Å². The predicted molar refractivity (Wildman–Crippen MR) is 30.8 cm³/mol. The van der Waals surface area contributed by atoms with E-state index in [2.05, 4.69) is 0 Å². The summed E-state index contributed by atoms with van der Waals surface area (Å²) in [6.45, 7) is 0. The second kappa shape index (κ2) is 1760. The van der Waals surface area contributed by atoms with Gasteiger partial charge in [-0.1, -0.05) is 0 Å². The predicted octanol–water partition coefficient (Wildman–Crippen LogP) is -9.77. The molecule has 0 aromatic rings. The minimum atomic E-state index is 0. The van der Waals surface area contributed by atoms with Gasteiger partial charge < -0.3 is 49.3 Å². The maximum atomic E-state index is 0. The van der Waals surface area contributed by atoms with Gasteiger partial charge in [0.1, 0.15) is 0 Å². The maximum Gasteiger partial charge on any atom is 1.00 e. The minimum absolute atomic E-state index is 0. The Morgan fingerprint density at radius 2 is 0.300 bits per heavy atom. The van der Waals surface area contributed by atoms with Crippen LogP contribution < -0.4 is 29.6 Å². The topological polar surface area (TPSA) is 282 Å². The average Bonchev–Trinajstić information content (AvgIpc) is 0. The van der Waals surface area contributed by atoms with Crippen molar-refractivity contribution >= 4 is 0 Å². The second-order valence-electron chi connectivity index (χ2n) is 0. The standard InChI is InChI=1S/Na.9H2O/h;9*1H2/q+1;;;;;;;;;/p-1. The van der Waals surface area contributed by atoms with Gasteiger partial charge >= 0.3 is 29.6 Å². The monoisotopic (exact) mass is 184 g/mol. The molecule has 0 aromatic heterocycles. The molecule has 9 nitrogen and oxygen atoms in total. The third-order valence-corrected chi connectivity index (χ3v) is 0. The summed E-state index contributed by atoms with van der Waals surface area (Å²) in [5, 5.41) is 0. The SMILES string of the molecule is O.O.O.O.O.O.O.O.[Na+].[OH-]. The third-order valence-electron chi connectivity index (χ3n) is 0. The van der Waals surface area contributed by atoms with E-state index in [-0.39, 0.29) is 78.8 Å².